The van der Waals surface area contributed by atoms with E-state index in [-0.39, 0.29) is 167 Å². The second kappa shape index (κ2) is 18.2. The summed E-state index contributed by atoms with van der Waals surface area (Å²) in [6.07, 6.45) is 0.535. The number of carbonyl (C=O) groups is 2. The molecular formula is C6H8K3O4+. The van der Waals surface area contributed by atoms with Crippen LogP contribution in [0.2, 0.25) is 0 Å². The summed E-state index contributed by atoms with van der Waals surface area (Å²) in [5.74, 6) is -2.28. The van der Waals surface area contributed by atoms with Gasteiger partial charge in [-0.3, -0.25) is 0 Å². The average Bonchev–Trinajstić information content (AvgIpc) is 1.79. The monoisotopic (exact) mass is 261 g/mol. The number of rotatable bonds is 5. The Morgan fingerprint density at radius 1 is 0.769 bits per heavy atom. The van der Waals surface area contributed by atoms with E-state index in [0.29, 0.717) is 12.8 Å². The summed E-state index contributed by atoms with van der Waals surface area (Å²) in [5, 5.41) is 19.5. The predicted octanol–water partition coefficient (Wildman–Crippen LogP) is -10.9. The number of hydrogen-bond acceptors (Lipinski definition) is 4. The predicted molar refractivity (Wildman–Crippen MR) is 28.5 cm³/mol. The van der Waals surface area contributed by atoms with Gasteiger partial charge in [0.25, 0.3) is 0 Å². The second-order valence-electron chi connectivity index (χ2n) is 1.95. The van der Waals surface area contributed by atoms with E-state index in [9.17, 15) is 19.8 Å². The molecule has 0 bridgehead atoms. The zero-order chi connectivity index (χ0) is 7.98. The summed E-state index contributed by atoms with van der Waals surface area (Å²) in [6.45, 7) is 0. The van der Waals surface area contributed by atoms with E-state index in [1.54, 1.807) is 0 Å². The number of carbonyl (C=O) groups excluding carboxylic acids is 2. The van der Waals surface area contributed by atoms with Crippen molar-refractivity contribution >= 4 is 11.9 Å². The van der Waals surface area contributed by atoms with Gasteiger partial charge in [0.1, 0.15) is 0 Å². The van der Waals surface area contributed by atoms with Crippen LogP contribution in [0.25, 0.3) is 0 Å². The number of carboxylic acid groups (broad SMARTS) is 2. The number of unbranched alkanes of at least 4 members (excludes halogenated alkanes) is 1. The largest absolute Gasteiger partial charge is 1.00 e. The van der Waals surface area contributed by atoms with Crippen LogP contribution in [-0.2, 0) is 9.59 Å². The molecule has 0 aliphatic carbocycles. The molecule has 4 nitrogen and oxygen atoms in total. The molecular weight excluding hydrogens is 253 g/mol. The van der Waals surface area contributed by atoms with E-state index in [1.165, 1.54) is 0 Å². The van der Waals surface area contributed by atoms with E-state index >= 15 is 0 Å². The topological polar surface area (TPSA) is 80.3 Å². The Morgan fingerprint density at radius 3 is 1.15 bits per heavy atom. The molecule has 0 rings (SSSR count). The molecule has 0 saturated heterocycles. The van der Waals surface area contributed by atoms with Crippen molar-refractivity contribution in [2.24, 2.45) is 0 Å². The molecule has 0 atom stereocenters. The Bertz CT molecular complexity index is 124. The fraction of sp³-hybridized carbons (Fsp3) is 0.667. The van der Waals surface area contributed by atoms with Crippen LogP contribution < -0.4 is 164 Å². The normalized spacial score (nSPS) is 7.08. The van der Waals surface area contributed by atoms with Gasteiger partial charge >= 0.3 is 154 Å². The molecule has 0 fully saturated rings. The number of aliphatic carboxylic acids is 2. The van der Waals surface area contributed by atoms with Crippen LogP contribution in [0.15, 0.2) is 0 Å². The minimum absolute atomic E-state index is 0. The van der Waals surface area contributed by atoms with E-state index in [2.05, 4.69) is 0 Å². The first-order valence-corrected chi connectivity index (χ1v) is 3.02. The van der Waals surface area contributed by atoms with Crippen LogP contribution in [0.1, 0.15) is 25.7 Å². The Balaban J connectivity index is -0.000000135. The summed E-state index contributed by atoms with van der Waals surface area (Å²) in [6, 6.07) is 0. The fourth-order valence-electron chi connectivity index (χ4n) is 0.539. The first-order valence-electron chi connectivity index (χ1n) is 3.02. The first kappa shape index (κ1) is 25.6. The summed E-state index contributed by atoms with van der Waals surface area (Å²) < 4.78 is 0. The van der Waals surface area contributed by atoms with Crippen LogP contribution >= 0.6 is 0 Å². The molecule has 0 heterocycles. The van der Waals surface area contributed by atoms with Crippen molar-refractivity contribution < 1.29 is 174 Å². The van der Waals surface area contributed by atoms with E-state index in [4.69, 9.17) is 0 Å². The van der Waals surface area contributed by atoms with Gasteiger partial charge in [0.15, 0.2) is 0 Å². The third-order valence-corrected chi connectivity index (χ3v) is 1.01. The van der Waals surface area contributed by atoms with Crippen molar-refractivity contribution in [3.05, 3.63) is 0 Å². The Morgan fingerprint density at radius 2 is 1.00 bits per heavy atom. The zero-order valence-corrected chi connectivity index (χ0v) is 17.8. The third kappa shape index (κ3) is 25.8. The molecule has 0 saturated carbocycles. The van der Waals surface area contributed by atoms with Gasteiger partial charge in [-0.2, -0.15) is 0 Å². The molecule has 0 unspecified atom stereocenters. The number of carboxylic acids is 2. The van der Waals surface area contributed by atoms with Crippen molar-refractivity contribution in [2.45, 2.75) is 25.7 Å². The molecule has 7 heteroatoms. The molecule has 0 aliphatic heterocycles. The van der Waals surface area contributed by atoms with Gasteiger partial charge in [0, 0.05) is 11.9 Å². The second-order valence-corrected chi connectivity index (χ2v) is 1.95. The summed E-state index contributed by atoms with van der Waals surface area (Å²) in [7, 11) is 0. The zero-order valence-electron chi connectivity index (χ0n) is 8.46. The maximum atomic E-state index is 9.77. The smallest absolute Gasteiger partial charge is 0.550 e. The Labute approximate surface area is 205 Å². The van der Waals surface area contributed by atoms with Crippen LogP contribution in [0, 0.1) is 0 Å². The number of hydrogen-bond donors (Lipinski definition) is 0. The van der Waals surface area contributed by atoms with Gasteiger partial charge in [-0.25, -0.2) is 0 Å². The molecule has 0 N–H and O–H groups in total. The third-order valence-electron chi connectivity index (χ3n) is 1.01. The molecule has 0 aromatic carbocycles. The molecule has 58 valence electrons. The van der Waals surface area contributed by atoms with Crippen molar-refractivity contribution in [3.8, 4) is 0 Å². The molecule has 0 aliphatic rings. The van der Waals surface area contributed by atoms with Crippen LogP contribution in [0.5, 0.6) is 0 Å². The molecule has 0 aromatic heterocycles. The Kier molecular flexibility index (Phi) is 35.9. The SMILES string of the molecule is O=C([O-])CCCCC(=O)[O-].[K+].[K+].[K+]. The quantitative estimate of drug-likeness (QED) is 0.364. The maximum Gasteiger partial charge on any atom is 1.00 e. The van der Waals surface area contributed by atoms with Gasteiger partial charge in [0.2, 0.25) is 0 Å². The van der Waals surface area contributed by atoms with Crippen molar-refractivity contribution in [3.63, 3.8) is 0 Å². The molecule has 0 amide bonds. The molecule has 0 spiro atoms. The molecule has 13 heavy (non-hydrogen) atoms. The van der Waals surface area contributed by atoms with Gasteiger partial charge in [-0.1, -0.05) is 0 Å². The van der Waals surface area contributed by atoms with Crippen LogP contribution in [0.4, 0.5) is 0 Å². The van der Waals surface area contributed by atoms with Crippen molar-refractivity contribution in [1.29, 1.82) is 0 Å². The van der Waals surface area contributed by atoms with Crippen LogP contribution in [0.3, 0.4) is 0 Å². The fourth-order valence-corrected chi connectivity index (χ4v) is 0.539. The van der Waals surface area contributed by atoms with Crippen molar-refractivity contribution in [2.75, 3.05) is 0 Å². The minimum Gasteiger partial charge on any atom is -0.550 e. The Hall–Kier alpha value is 3.85. The summed E-state index contributed by atoms with van der Waals surface area (Å²) in [4.78, 5) is 19.5. The van der Waals surface area contributed by atoms with Crippen molar-refractivity contribution in [1.82, 2.24) is 0 Å². The van der Waals surface area contributed by atoms with Gasteiger partial charge in [-0.15, -0.1) is 0 Å². The van der Waals surface area contributed by atoms with E-state index in [1.807, 2.05) is 0 Å². The average molecular weight is 261 g/mol. The summed E-state index contributed by atoms with van der Waals surface area (Å²) >= 11 is 0. The van der Waals surface area contributed by atoms with Gasteiger partial charge in [0.05, 0.1) is 0 Å². The van der Waals surface area contributed by atoms with Crippen LogP contribution in [-0.4, -0.2) is 11.9 Å². The van der Waals surface area contributed by atoms with Gasteiger partial charge < -0.3 is 19.8 Å². The van der Waals surface area contributed by atoms with E-state index in [0.717, 1.165) is 0 Å². The molecule has 0 aromatic rings. The van der Waals surface area contributed by atoms with Gasteiger partial charge in [-0.05, 0) is 25.7 Å². The maximum absolute atomic E-state index is 9.77. The molecule has 0 radical (unpaired) electrons. The minimum atomic E-state index is -1.14. The first-order chi connectivity index (χ1) is 4.63. The summed E-state index contributed by atoms with van der Waals surface area (Å²) in [5.41, 5.74) is 0. The standard InChI is InChI=1S/C6H10O4.3K/c7-5(8)3-1-2-4-6(9)10;;;/h1-4H2,(H,7,8)(H,9,10);;;/q;3*+1/p-2. The van der Waals surface area contributed by atoms with E-state index < -0.39 is 11.9 Å².